The lowest BCUT2D eigenvalue weighted by molar-refractivity contribution is -0.126. The number of carbonyl (C=O) groups excluding carboxylic acids is 1. The molecular formula is C11H20N2O2. The summed E-state index contributed by atoms with van der Waals surface area (Å²) in [6.45, 7) is 1.48. The number of hydrogen-bond donors (Lipinski definition) is 2. The molecule has 1 amide bonds. The molecule has 3 N–H and O–H groups in total. The quantitative estimate of drug-likeness (QED) is 0.636. The van der Waals surface area contributed by atoms with Crippen LogP contribution in [0.25, 0.3) is 0 Å². The number of hydrogen-bond acceptors (Lipinski definition) is 3. The van der Waals surface area contributed by atoms with Crippen molar-refractivity contribution < 1.29 is 9.53 Å². The Bertz CT molecular complexity index is 225. The van der Waals surface area contributed by atoms with Gasteiger partial charge in [0.25, 0.3) is 0 Å². The maximum atomic E-state index is 11.5. The molecule has 86 valence electrons. The first-order valence-corrected chi connectivity index (χ1v) is 5.86. The molecule has 4 heteroatoms. The zero-order valence-electron chi connectivity index (χ0n) is 9.08. The summed E-state index contributed by atoms with van der Waals surface area (Å²) in [7, 11) is 0. The largest absolute Gasteiger partial charge is 0.371 e. The summed E-state index contributed by atoms with van der Waals surface area (Å²) < 4.78 is 5.31. The van der Waals surface area contributed by atoms with Gasteiger partial charge in [-0.25, -0.2) is 0 Å². The van der Waals surface area contributed by atoms with Gasteiger partial charge >= 0.3 is 0 Å². The second-order valence-electron chi connectivity index (χ2n) is 4.71. The number of amides is 1. The molecule has 1 atom stereocenters. The highest BCUT2D eigenvalue weighted by Crippen LogP contribution is 2.32. The number of rotatable bonds is 7. The topological polar surface area (TPSA) is 64.3 Å². The van der Waals surface area contributed by atoms with Crippen molar-refractivity contribution in [2.75, 3.05) is 19.8 Å². The number of nitrogens with one attached hydrogen (secondary N) is 1. The Morgan fingerprint density at radius 1 is 1.40 bits per heavy atom. The summed E-state index contributed by atoms with van der Waals surface area (Å²) >= 11 is 0. The highest BCUT2D eigenvalue weighted by molar-refractivity contribution is 5.77. The summed E-state index contributed by atoms with van der Waals surface area (Å²) in [6, 6.07) is 0.169. The SMILES string of the molecule is NCC(NC(=O)COCC1CC1)C1CC1. The second-order valence-corrected chi connectivity index (χ2v) is 4.71. The van der Waals surface area contributed by atoms with Crippen molar-refractivity contribution >= 4 is 5.91 Å². The monoisotopic (exact) mass is 212 g/mol. The fourth-order valence-electron chi connectivity index (χ4n) is 1.72. The summed E-state index contributed by atoms with van der Waals surface area (Å²) in [5.41, 5.74) is 5.59. The summed E-state index contributed by atoms with van der Waals surface area (Å²) in [5, 5.41) is 2.93. The van der Waals surface area contributed by atoms with Crippen LogP contribution in [0.4, 0.5) is 0 Å². The minimum Gasteiger partial charge on any atom is -0.371 e. The van der Waals surface area contributed by atoms with Crippen LogP contribution in [0.5, 0.6) is 0 Å². The smallest absolute Gasteiger partial charge is 0.246 e. The van der Waals surface area contributed by atoms with Gasteiger partial charge < -0.3 is 15.8 Å². The second kappa shape index (κ2) is 4.94. The van der Waals surface area contributed by atoms with Crippen LogP contribution in [-0.4, -0.2) is 31.7 Å². The molecule has 0 radical (unpaired) electrons. The van der Waals surface area contributed by atoms with E-state index in [-0.39, 0.29) is 18.6 Å². The van der Waals surface area contributed by atoms with Crippen molar-refractivity contribution in [1.29, 1.82) is 0 Å². The van der Waals surface area contributed by atoms with E-state index < -0.39 is 0 Å². The van der Waals surface area contributed by atoms with E-state index in [1.54, 1.807) is 0 Å². The van der Waals surface area contributed by atoms with Gasteiger partial charge in [0.1, 0.15) is 6.61 Å². The maximum Gasteiger partial charge on any atom is 0.246 e. The molecule has 2 aliphatic rings. The average molecular weight is 212 g/mol. The molecule has 0 aliphatic heterocycles. The van der Waals surface area contributed by atoms with E-state index in [2.05, 4.69) is 5.32 Å². The highest BCUT2D eigenvalue weighted by atomic mass is 16.5. The molecule has 0 spiro atoms. The Hall–Kier alpha value is -0.610. The van der Waals surface area contributed by atoms with Crippen LogP contribution in [-0.2, 0) is 9.53 Å². The molecule has 0 aromatic heterocycles. The normalized spacial score (nSPS) is 22.5. The molecule has 0 aromatic carbocycles. The van der Waals surface area contributed by atoms with E-state index in [1.807, 2.05) is 0 Å². The maximum absolute atomic E-state index is 11.5. The predicted molar refractivity (Wildman–Crippen MR) is 57.3 cm³/mol. The van der Waals surface area contributed by atoms with E-state index in [9.17, 15) is 4.79 Å². The van der Waals surface area contributed by atoms with E-state index in [4.69, 9.17) is 10.5 Å². The molecule has 15 heavy (non-hydrogen) atoms. The third-order valence-electron chi connectivity index (χ3n) is 3.07. The fourth-order valence-corrected chi connectivity index (χ4v) is 1.72. The minimum absolute atomic E-state index is 0.0157. The summed E-state index contributed by atoms with van der Waals surface area (Å²) in [6.07, 6.45) is 4.92. The van der Waals surface area contributed by atoms with Gasteiger partial charge in [-0.15, -0.1) is 0 Å². The van der Waals surface area contributed by atoms with E-state index in [1.165, 1.54) is 25.7 Å². The standard InChI is InChI=1S/C11H20N2O2/c12-5-10(9-3-4-9)13-11(14)7-15-6-8-1-2-8/h8-10H,1-7,12H2,(H,13,14). The van der Waals surface area contributed by atoms with Crippen LogP contribution >= 0.6 is 0 Å². The van der Waals surface area contributed by atoms with Gasteiger partial charge in [0.05, 0.1) is 6.61 Å². The average Bonchev–Trinajstić information content (AvgIpc) is 3.04. The van der Waals surface area contributed by atoms with Crippen LogP contribution < -0.4 is 11.1 Å². The number of nitrogens with two attached hydrogens (primary N) is 1. The van der Waals surface area contributed by atoms with Crippen molar-refractivity contribution in [3.8, 4) is 0 Å². The predicted octanol–water partition coefficient (Wildman–Crippen LogP) is 0.266. The third-order valence-corrected chi connectivity index (χ3v) is 3.07. The molecule has 0 saturated heterocycles. The lowest BCUT2D eigenvalue weighted by atomic mass is 10.2. The molecule has 2 rings (SSSR count). The van der Waals surface area contributed by atoms with Gasteiger partial charge in [-0.1, -0.05) is 0 Å². The van der Waals surface area contributed by atoms with Crippen molar-refractivity contribution in [2.45, 2.75) is 31.7 Å². The first kappa shape index (κ1) is 10.9. The van der Waals surface area contributed by atoms with Gasteiger partial charge in [-0.2, -0.15) is 0 Å². The Labute approximate surface area is 90.5 Å². The Kier molecular flexibility index (Phi) is 3.59. The Morgan fingerprint density at radius 2 is 2.13 bits per heavy atom. The first-order chi connectivity index (χ1) is 7.29. The third kappa shape index (κ3) is 3.80. The zero-order valence-corrected chi connectivity index (χ0v) is 9.08. The van der Waals surface area contributed by atoms with Crippen LogP contribution in [0.15, 0.2) is 0 Å². The van der Waals surface area contributed by atoms with Crippen molar-refractivity contribution in [3.63, 3.8) is 0 Å². The Balaban J connectivity index is 1.57. The molecule has 4 nitrogen and oxygen atoms in total. The number of carbonyl (C=O) groups is 1. The van der Waals surface area contributed by atoms with Crippen LogP contribution in [0.1, 0.15) is 25.7 Å². The molecule has 1 unspecified atom stereocenters. The summed E-state index contributed by atoms with van der Waals surface area (Å²) in [4.78, 5) is 11.5. The van der Waals surface area contributed by atoms with Gasteiger partial charge in [-0.3, -0.25) is 4.79 Å². The Morgan fingerprint density at radius 3 is 2.67 bits per heavy atom. The van der Waals surface area contributed by atoms with Crippen LogP contribution in [0, 0.1) is 11.8 Å². The van der Waals surface area contributed by atoms with Crippen LogP contribution in [0.2, 0.25) is 0 Å². The molecular weight excluding hydrogens is 192 g/mol. The lowest BCUT2D eigenvalue weighted by Crippen LogP contribution is -2.43. The van der Waals surface area contributed by atoms with Crippen molar-refractivity contribution in [1.82, 2.24) is 5.32 Å². The van der Waals surface area contributed by atoms with E-state index in [0.29, 0.717) is 18.4 Å². The first-order valence-electron chi connectivity index (χ1n) is 5.86. The van der Waals surface area contributed by atoms with Gasteiger partial charge in [0.2, 0.25) is 5.91 Å². The molecule has 2 fully saturated rings. The zero-order chi connectivity index (χ0) is 10.7. The van der Waals surface area contributed by atoms with Crippen LogP contribution in [0.3, 0.4) is 0 Å². The van der Waals surface area contributed by atoms with Crippen molar-refractivity contribution in [2.24, 2.45) is 17.6 Å². The van der Waals surface area contributed by atoms with E-state index >= 15 is 0 Å². The summed E-state index contributed by atoms with van der Waals surface area (Å²) in [5.74, 6) is 1.31. The van der Waals surface area contributed by atoms with Crippen molar-refractivity contribution in [3.05, 3.63) is 0 Å². The molecule has 2 saturated carbocycles. The highest BCUT2D eigenvalue weighted by Gasteiger charge is 2.31. The van der Waals surface area contributed by atoms with Gasteiger partial charge in [0, 0.05) is 12.6 Å². The van der Waals surface area contributed by atoms with Gasteiger partial charge in [0.15, 0.2) is 0 Å². The molecule has 0 bridgehead atoms. The van der Waals surface area contributed by atoms with Gasteiger partial charge in [-0.05, 0) is 37.5 Å². The molecule has 0 heterocycles. The molecule has 0 aromatic rings. The number of ether oxygens (including phenoxy) is 1. The minimum atomic E-state index is -0.0157. The molecule has 2 aliphatic carbocycles. The lowest BCUT2D eigenvalue weighted by Gasteiger charge is -2.15. The van der Waals surface area contributed by atoms with E-state index in [0.717, 1.165) is 6.61 Å². The fraction of sp³-hybridized carbons (Fsp3) is 0.909.